The highest BCUT2D eigenvalue weighted by Crippen LogP contribution is 2.28. The van der Waals surface area contributed by atoms with Gasteiger partial charge in [-0.2, -0.15) is 4.98 Å². The monoisotopic (exact) mass is 364 g/mol. The van der Waals surface area contributed by atoms with Crippen molar-refractivity contribution >= 4 is 12.0 Å². The van der Waals surface area contributed by atoms with Crippen molar-refractivity contribution in [3.63, 3.8) is 0 Å². The van der Waals surface area contributed by atoms with Gasteiger partial charge in [-0.05, 0) is 17.7 Å². The van der Waals surface area contributed by atoms with Crippen LogP contribution < -0.4 is 10.1 Å². The molecule has 0 atom stereocenters. The van der Waals surface area contributed by atoms with E-state index in [2.05, 4.69) is 26.8 Å². The molecule has 1 saturated heterocycles. The number of pyridine rings is 1. The Morgan fingerprint density at radius 2 is 2.00 bits per heavy atom. The molecule has 140 valence electrons. The summed E-state index contributed by atoms with van der Waals surface area (Å²) in [6, 6.07) is 13.1. The van der Waals surface area contributed by atoms with Gasteiger partial charge in [0.15, 0.2) is 0 Å². The first kappa shape index (κ1) is 18.7. The predicted octanol–water partition coefficient (Wildman–Crippen LogP) is 2.83. The van der Waals surface area contributed by atoms with Crippen molar-refractivity contribution in [3.8, 4) is 11.8 Å². The van der Waals surface area contributed by atoms with E-state index in [1.54, 1.807) is 12.1 Å². The number of rotatable bonds is 7. The van der Waals surface area contributed by atoms with Crippen LogP contribution in [0.25, 0.3) is 5.70 Å². The van der Waals surface area contributed by atoms with Gasteiger partial charge in [0.2, 0.25) is 11.8 Å². The number of hydrogen-bond acceptors (Lipinski definition) is 5. The van der Waals surface area contributed by atoms with E-state index in [0.29, 0.717) is 23.7 Å². The van der Waals surface area contributed by atoms with Crippen LogP contribution in [-0.2, 0) is 6.61 Å². The molecule has 0 radical (unpaired) electrons. The predicted molar refractivity (Wildman–Crippen MR) is 108 cm³/mol. The van der Waals surface area contributed by atoms with Crippen molar-refractivity contribution in [1.29, 1.82) is 0 Å². The quantitative estimate of drug-likeness (QED) is 0.449. The molecule has 1 aromatic heterocycles. The molecule has 0 saturated carbocycles. The summed E-state index contributed by atoms with van der Waals surface area (Å²) in [4.78, 5) is 10.9. The maximum Gasteiger partial charge on any atom is 0.226 e. The molecule has 2 N–H and O–H groups in total. The van der Waals surface area contributed by atoms with Crippen LogP contribution in [0.5, 0.6) is 11.8 Å². The zero-order valence-corrected chi connectivity index (χ0v) is 15.2. The van der Waals surface area contributed by atoms with Crippen LogP contribution in [0.3, 0.4) is 0 Å². The Kier molecular flexibility index (Phi) is 6.60. The van der Waals surface area contributed by atoms with Crippen molar-refractivity contribution in [3.05, 3.63) is 72.3 Å². The zero-order chi connectivity index (χ0) is 18.9. The molecule has 0 unspecified atom stereocenters. The number of hydrogen-bond donors (Lipinski definition) is 2. The van der Waals surface area contributed by atoms with E-state index in [9.17, 15) is 5.11 Å². The molecule has 1 fully saturated rings. The van der Waals surface area contributed by atoms with Crippen molar-refractivity contribution in [1.82, 2.24) is 15.2 Å². The van der Waals surface area contributed by atoms with Crippen LogP contribution in [-0.4, -0.2) is 47.5 Å². The minimum Gasteiger partial charge on any atom is -0.493 e. The molecule has 2 aromatic rings. The molecule has 0 aliphatic carbocycles. The molecule has 0 spiro atoms. The summed E-state index contributed by atoms with van der Waals surface area (Å²) in [5.41, 5.74) is 2.40. The number of piperazine rings is 1. The van der Waals surface area contributed by atoms with Gasteiger partial charge in [0.25, 0.3) is 0 Å². The average Bonchev–Trinajstić information content (AvgIpc) is 2.71. The molecule has 3 rings (SSSR count). The van der Waals surface area contributed by atoms with Crippen molar-refractivity contribution in [2.75, 3.05) is 26.2 Å². The van der Waals surface area contributed by atoms with Crippen LogP contribution in [0.15, 0.2) is 66.2 Å². The van der Waals surface area contributed by atoms with Crippen LogP contribution in [0.4, 0.5) is 0 Å². The number of aromatic nitrogens is 1. The fourth-order valence-corrected chi connectivity index (χ4v) is 2.72. The Bertz CT molecular complexity index is 812. The van der Waals surface area contributed by atoms with Gasteiger partial charge in [0.05, 0.1) is 17.6 Å². The van der Waals surface area contributed by atoms with Gasteiger partial charge in [-0.15, -0.1) is 0 Å². The number of ether oxygens (including phenoxy) is 1. The van der Waals surface area contributed by atoms with Gasteiger partial charge < -0.3 is 20.1 Å². The Labute approximate surface area is 159 Å². The Morgan fingerprint density at radius 1 is 1.22 bits per heavy atom. The summed E-state index contributed by atoms with van der Waals surface area (Å²) >= 11 is 0. The highest BCUT2D eigenvalue weighted by Gasteiger charge is 2.12. The number of allylic oxidation sites excluding steroid dienone is 2. The Morgan fingerprint density at radius 3 is 2.74 bits per heavy atom. The fourth-order valence-electron chi connectivity index (χ4n) is 2.72. The standard InChI is InChI=1S/C21H24N4O2/c1-2-6-19(23-16-25-13-11-22-12-14-25)18-9-10-20(26)24-21(18)27-15-17-7-4-3-5-8-17/h2-10,16,22H,1,11-15H2,(H,24,26)/b19-6-,23-16+. The topological polar surface area (TPSA) is 70.0 Å². The van der Waals surface area contributed by atoms with Gasteiger partial charge in [-0.1, -0.05) is 43.0 Å². The third-order valence-corrected chi connectivity index (χ3v) is 4.13. The number of aromatic hydroxyl groups is 1. The van der Waals surface area contributed by atoms with Gasteiger partial charge in [0.1, 0.15) is 6.61 Å². The summed E-state index contributed by atoms with van der Waals surface area (Å²) in [5.74, 6) is 0.246. The number of nitrogens with one attached hydrogen (secondary N) is 1. The summed E-state index contributed by atoms with van der Waals surface area (Å²) in [6.07, 6.45) is 5.32. The van der Waals surface area contributed by atoms with Crippen molar-refractivity contribution < 1.29 is 9.84 Å². The highest BCUT2D eigenvalue weighted by molar-refractivity contribution is 5.76. The van der Waals surface area contributed by atoms with Crippen molar-refractivity contribution in [2.24, 2.45) is 4.99 Å². The normalized spacial score (nSPS) is 15.1. The molecule has 6 heteroatoms. The number of aliphatic imine (C=N–C) groups is 1. The third kappa shape index (κ3) is 5.43. The van der Waals surface area contributed by atoms with Crippen LogP contribution in [0, 0.1) is 0 Å². The van der Waals surface area contributed by atoms with Gasteiger partial charge >= 0.3 is 0 Å². The second-order valence-corrected chi connectivity index (χ2v) is 6.11. The van der Waals surface area contributed by atoms with E-state index in [0.717, 1.165) is 31.7 Å². The molecular weight excluding hydrogens is 340 g/mol. The van der Waals surface area contributed by atoms with Crippen LogP contribution in [0.2, 0.25) is 0 Å². The third-order valence-electron chi connectivity index (χ3n) is 4.13. The minimum atomic E-state index is -0.0918. The first-order valence-electron chi connectivity index (χ1n) is 8.95. The average molecular weight is 364 g/mol. The Hall–Kier alpha value is -3.12. The Balaban J connectivity index is 1.82. The molecule has 6 nitrogen and oxygen atoms in total. The lowest BCUT2D eigenvalue weighted by Gasteiger charge is -2.25. The molecular formula is C21H24N4O2. The van der Waals surface area contributed by atoms with Gasteiger partial charge in [-0.25, -0.2) is 4.99 Å². The highest BCUT2D eigenvalue weighted by atomic mass is 16.5. The van der Waals surface area contributed by atoms with E-state index in [1.807, 2.05) is 42.7 Å². The molecule has 0 bridgehead atoms. The fraction of sp³-hybridized carbons (Fsp3) is 0.238. The van der Waals surface area contributed by atoms with Gasteiger partial charge in [-0.3, -0.25) is 0 Å². The molecule has 0 amide bonds. The second kappa shape index (κ2) is 9.54. The summed E-state index contributed by atoms with van der Waals surface area (Å²) in [5, 5.41) is 13.1. The van der Waals surface area contributed by atoms with E-state index >= 15 is 0 Å². The number of nitrogens with zero attached hydrogens (tertiary/aromatic N) is 3. The molecule has 1 aliphatic rings. The maximum atomic E-state index is 9.80. The van der Waals surface area contributed by atoms with E-state index in [4.69, 9.17) is 4.74 Å². The smallest absolute Gasteiger partial charge is 0.226 e. The summed E-state index contributed by atoms with van der Waals surface area (Å²) < 4.78 is 5.88. The molecule has 27 heavy (non-hydrogen) atoms. The second-order valence-electron chi connectivity index (χ2n) is 6.11. The van der Waals surface area contributed by atoms with E-state index < -0.39 is 0 Å². The molecule has 2 heterocycles. The maximum absolute atomic E-state index is 9.80. The molecule has 1 aliphatic heterocycles. The first-order chi connectivity index (χ1) is 13.3. The lowest BCUT2D eigenvalue weighted by Crippen LogP contribution is -2.42. The zero-order valence-electron chi connectivity index (χ0n) is 15.2. The van der Waals surface area contributed by atoms with Crippen molar-refractivity contribution in [2.45, 2.75) is 6.61 Å². The lowest BCUT2D eigenvalue weighted by atomic mass is 10.2. The summed E-state index contributed by atoms with van der Waals surface area (Å²) in [6.45, 7) is 7.84. The van der Waals surface area contributed by atoms with Gasteiger partial charge in [0, 0.05) is 32.2 Å². The van der Waals surface area contributed by atoms with E-state index in [-0.39, 0.29) is 5.88 Å². The number of benzene rings is 1. The first-order valence-corrected chi connectivity index (χ1v) is 8.95. The lowest BCUT2D eigenvalue weighted by molar-refractivity contribution is 0.288. The van der Waals surface area contributed by atoms with Crippen LogP contribution in [0.1, 0.15) is 11.1 Å². The summed E-state index contributed by atoms with van der Waals surface area (Å²) in [7, 11) is 0. The SMILES string of the molecule is C=C/C=C(\N=C\N1CCNCC1)c1ccc(O)nc1OCc1ccccc1. The van der Waals surface area contributed by atoms with E-state index in [1.165, 1.54) is 6.07 Å². The molecule has 1 aromatic carbocycles. The largest absolute Gasteiger partial charge is 0.493 e. The van der Waals surface area contributed by atoms with Crippen LogP contribution >= 0.6 is 0 Å². The minimum absolute atomic E-state index is 0.0918.